The second-order valence-corrected chi connectivity index (χ2v) is 6.90. The van der Waals surface area contributed by atoms with E-state index in [1.165, 1.54) is 36.1 Å². The van der Waals surface area contributed by atoms with Gasteiger partial charge in [-0.3, -0.25) is 18.7 Å². The van der Waals surface area contributed by atoms with Gasteiger partial charge >= 0.3 is 5.69 Å². The molecule has 0 fully saturated rings. The molecule has 8 heteroatoms. The number of fused-ring (bicyclic) bond motifs is 1. The maximum absolute atomic E-state index is 12.5. The molecule has 124 valence electrons. The summed E-state index contributed by atoms with van der Waals surface area (Å²) in [6.07, 6.45) is 0. The summed E-state index contributed by atoms with van der Waals surface area (Å²) in [5, 5.41) is 3.75. The molecule has 0 saturated carbocycles. The van der Waals surface area contributed by atoms with E-state index in [2.05, 4.69) is 5.32 Å². The average Bonchev–Trinajstić information content (AvgIpc) is 2.86. The molecule has 0 saturated heterocycles. The number of hydrogen-bond donors (Lipinski definition) is 1. The molecule has 3 rings (SSSR count). The number of carbonyl (C=O) groups is 1. The Morgan fingerprint density at radius 3 is 2.58 bits per heavy atom. The summed E-state index contributed by atoms with van der Waals surface area (Å²) >= 11 is 7.58. The standard InChI is InChI=1S/C16H14ClN3O3S/c1-8-4-5-9-10(6-8)24-14(13(9)17)15(22)18-11-7-12(21)20(3)16(23)19(11)2/h4-7H,1-3H3,(H,18,22). The van der Waals surface area contributed by atoms with Crippen LogP contribution in [0.1, 0.15) is 15.2 Å². The summed E-state index contributed by atoms with van der Waals surface area (Å²) in [5.41, 5.74) is 0.0589. The molecule has 6 nitrogen and oxygen atoms in total. The average molecular weight is 364 g/mol. The number of amides is 1. The first-order valence-electron chi connectivity index (χ1n) is 7.06. The van der Waals surface area contributed by atoms with Crippen molar-refractivity contribution in [3.8, 4) is 0 Å². The van der Waals surface area contributed by atoms with Crippen LogP contribution in [0.5, 0.6) is 0 Å². The lowest BCUT2D eigenvalue weighted by Gasteiger charge is -2.10. The molecule has 1 amide bonds. The highest BCUT2D eigenvalue weighted by atomic mass is 35.5. The van der Waals surface area contributed by atoms with Crippen molar-refractivity contribution >= 4 is 44.7 Å². The fraction of sp³-hybridized carbons (Fsp3) is 0.188. The van der Waals surface area contributed by atoms with E-state index in [-0.39, 0.29) is 5.82 Å². The second-order valence-electron chi connectivity index (χ2n) is 5.47. The van der Waals surface area contributed by atoms with Crippen molar-refractivity contribution in [1.82, 2.24) is 9.13 Å². The van der Waals surface area contributed by atoms with Crippen LogP contribution in [0.4, 0.5) is 5.82 Å². The fourth-order valence-electron chi connectivity index (χ4n) is 2.34. The van der Waals surface area contributed by atoms with Gasteiger partial charge in [0.1, 0.15) is 10.7 Å². The van der Waals surface area contributed by atoms with Crippen molar-refractivity contribution in [2.24, 2.45) is 14.1 Å². The smallest absolute Gasteiger partial charge is 0.307 e. The highest BCUT2D eigenvalue weighted by Crippen LogP contribution is 2.36. The molecule has 3 aromatic rings. The van der Waals surface area contributed by atoms with E-state index in [9.17, 15) is 14.4 Å². The van der Waals surface area contributed by atoms with Crippen LogP contribution >= 0.6 is 22.9 Å². The Morgan fingerprint density at radius 1 is 1.17 bits per heavy atom. The molecule has 0 aliphatic rings. The molecule has 0 spiro atoms. The summed E-state index contributed by atoms with van der Waals surface area (Å²) < 4.78 is 3.07. The Bertz CT molecular complexity index is 1090. The lowest BCUT2D eigenvalue weighted by Crippen LogP contribution is -2.38. The molecule has 0 bridgehead atoms. The minimum absolute atomic E-state index is 0.123. The maximum Gasteiger partial charge on any atom is 0.332 e. The van der Waals surface area contributed by atoms with Gasteiger partial charge in [0.25, 0.3) is 11.5 Å². The van der Waals surface area contributed by atoms with Crippen molar-refractivity contribution in [2.75, 3.05) is 5.32 Å². The third-order valence-corrected chi connectivity index (χ3v) is 5.41. The first kappa shape index (κ1) is 16.5. The van der Waals surface area contributed by atoms with Gasteiger partial charge in [-0.1, -0.05) is 23.7 Å². The summed E-state index contributed by atoms with van der Waals surface area (Å²) in [6, 6.07) is 6.95. The van der Waals surface area contributed by atoms with Crippen LogP contribution < -0.4 is 16.6 Å². The van der Waals surface area contributed by atoms with Crippen LogP contribution in [0.2, 0.25) is 5.02 Å². The van der Waals surface area contributed by atoms with E-state index in [1.54, 1.807) is 0 Å². The van der Waals surface area contributed by atoms with E-state index < -0.39 is 17.2 Å². The molecule has 2 heterocycles. The first-order valence-corrected chi connectivity index (χ1v) is 8.26. The second kappa shape index (κ2) is 5.92. The predicted molar refractivity (Wildman–Crippen MR) is 96.4 cm³/mol. The Kier molecular flexibility index (Phi) is 4.06. The number of halogens is 1. The minimum atomic E-state index is -0.518. The monoisotopic (exact) mass is 363 g/mol. The number of hydrogen-bond acceptors (Lipinski definition) is 4. The van der Waals surface area contributed by atoms with Crippen molar-refractivity contribution in [1.29, 1.82) is 0 Å². The lowest BCUT2D eigenvalue weighted by atomic mass is 10.2. The van der Waals surface area contributed by atoms with Crippen LogP contribution in [0, 0.1) is 6.92 Å². The van der Waals surface area contributed by atoms with Crippen LogP contribution in [-0.4, -0.2) is 15.0 Å². The zero-order valence-electron chi connectivity index (χ0n) is 13.2. The quantitative estimate of drug-likeness (QED) is 0.760. The number of nitrogens with zero attached hydrogens (tertiary/aromatic N) is 2. The van der Waals surface area contributed by atoms with Crippen molar-refractivity contribution in [2.45, 2.75) is 6.92 Å². The highest BCUT2D eigenvalue weighted by molar-refractivity contribution is 7.21. The number of nitrogens with one attached hydrogen (secondary N) is 1. The van der Waals surface area contributed by atoms with E-state index >= 15 is 0 Å². The van der Waals surface area contributed by atoms with Crippen molar-refractivity contribution in [3.63, 3.8) is 0 Å². The van der Waals surface area contributed by atoms with Gasteiger partial charge in [-0.15, -0.1) is 11.3 Å². The molecular weight excluding hydrogens is 350 g/mol. The number of thiophene rings is 1. The number of rotatable bonds is 2. The largest absolute Gasteiger partial charge is 0.332 e. The van der Waals surface area contributed by atoms with E-state index in [0.717, 1.165) is 20.2 Å². The van der Waals surface area contributed by atoms with Crippen LogP contribution in [0.3, 0.4) is 0 Å². The zero-order chi connectivity index (χ0) is 17.6. The zero-order valence-corrected chi connectivity index (χ0v) is 14.8. The molecule has 0 aliphatic heterocycles. The SMILES string of the molecule is Cc1ccc2c(Cl)c(C(=O)Nc3cc(=O)n(C)c(=O)n3C)sc2c1. The molecule has 1 N–H and O–H groups in total. The molecule has 2 aromatic heterocycles. The number of aryl methyl sites for hydroxylation is 1. The molecule has 0 atom stereocenters. The number of benzene rings is 1. The van der Waals surface area contributed by atoms with Crippen LogP contribution in [-0.2, 0) is 14.1 Å². The lowest BCUT2D eigenvalue weighted by molar-refractivity contribution is 0.103. The summed E-state index contributed by atoms with van der Waals surface area (Å²) in [4.78, 5) is 36.6. The van der Waals surface area contributed by atoms with Gasteiger partial charge < -0.3 is 5.32 Å². The van der Waals surface area contributed by atoms with Crippen LogP contribution in [0.15, 0.2) is 33.9 Å². The number of anilines is 1. The molecule has 24 heavy (non-hydrogen) atoms. The normalized spacial score (nSPS) is 11.0. The molecule has 0 aliphatic carbocycles. The van der Waals surface area contributed by atoms with Crippen LogP contribution in [0.25, 0.3) is 10.1 Å². The minimum Gasteiger partial charge on any atom is -0.307 e. The van der Waals surface area contributed by atoms with Gasteiger partial charge in [-0.05, 0) is 18.6 Å². The maximum atomic E-state index is 12.5. The van der Waals surface area contributed by atoms with E-state index in [1.807, 2.05) is 25.1 Å². The van der Waals surface area contributed by atoms with Gasteiger partial charge in [0, 0.05) is 30.2 Å². The van der Waals surface area contributed by atoms with Gasteiger partial charge in [0.2, 0.25) is 0 Å². The van der Waals surface area contributed by atoms with E-state index in [0.29, 0.717) is 9.90 Å². The van der Waals surface area contributed by atoms with Gasteiger partial charge in [0.05, 0.1) is 5.02 Å². The van der Waals surface area contributed by atoms with E-state index in [4.69, 9.17) is 11.6 Å². The van der Waals surface area contributed by atoms with Crippen molar-refractivity contribution in [3.05, 3.63) is 60.6 Å². The predicted octanol–water partition coefficient (Wildman–Crippen LogP) is 2.51. The summed E-state index contributed by atoms with van der Waals surface area (Å²) in [6.45, 7) is 1.96. The molecule has 0 unspecified atom stereocenters. The number of carbonyl (C=O) groups excluding carboxylic acids is 1. The Labute approximate surface area is 145 Å². The molecular formula is C16H14ClN3O3S. The van der Waals surface area contributed by atoms with Gasteiger partial charge in [-0.2, -0.15) is 0 Å². The highest BCUT2D eigenvalue weighted by Gasteiger charge is 2.18. The fourth-order valence-corrected chi connectivity index (χ4v) is 3.85. The first-order chi connectivity index (χ1) is 11.3. The summed E-state index contributed by atoms with van der Waals surface area (Å²) in [5.74, 6) is -0.333. The van der Waals surface area contributed by atoms with Crippen molar-refractivity contribution < 1.29 is 4.79 Å². The molecule has 1 aromatic carbocycles. The van der Waals surface area contributed by atoms with Gasteiger partial charge in [-0.25, -0.2) is 4.79 Å². The number of aromatic nitrogens is 2. The molecule has 0 radical (unpaired) electrons. The van der Waals surface area contributed by atoms with Gasteiger partial charge in [0.15, 0.2) is 0 Å². The third kappa shape index (κ3) is 2.65. The Balaban J connectivity index is 2.04. The topological polar surface area (TPSA) is 73.1 Å². The third-order valence-electron chi connectivity index (χ3n) is 3.76. The summed E-state index contributed by atoms with van der Waals surface area (Å²) in [7, 11) is 2.86. The Hall–Kier alpha value is -2.38. The Morgan fingerprint density at radius 2 is 1.88 bits per heavy atom.